The minimum atomic E-state index is 0.0433. The zero-order valence-electron chi connectivity index (χ0n) is 9.81. The van der Waals surface area contributed by atoms with Gasteiger partial charge in [-0.15, -0.1) is 0 Å². The van der Waals surface area contributed by atoms with Gasteiger partial charge in [-0.25, -0.2) is 0 Å². The molecule has 2 rings (SSSR count). The summed E-state index contributed by atoms with van der Waals surface area (Å²) in [7, 11) is 3.66. The maximum absolute atomic E-state index is 12.0. The van der Waals surface area contributed by atoms with Gasteiger partial charge in [0.15, 0.2) is 0 Å². The van der Waals surface area contributed by atoms with E-state index in [0.717, 1.165) is 19.5 Å². The maximum Gasteiger partial charge on any atom is 0.256 e. The van der Waals surface area contributed by atoms with E-state index in [1.807, 2.05) is 14.1 Å². The van der Waals surface area contributed by atoms with Crippen LogP contribution in [0.4, 0.5) is 0 Å². The van der Waals surface area contributed by atoms with Crippen LogP contribution in [0.15, 0.2) is 12.4 Å². The van der Waals surface area contributed by atoms with Gasteiger partial charge >= 0.3 is 0 Å². The molecular formula is C11H18N4O. The van der Waals surface area contributed by atoms with Gasteiger partial charge in [0.2, 0.25) is 0 Å². The normalized spacial score (nSPS) is 20.0. The highest BCUT2D eigenvalue weighted by Crippen LogP contribution is 2.08. The number of likely N-dealkylation sites (N-methyl/N-ethyl adjacent to an activating group) is 1. The second-order valence-electron chi connectivity index (χ2n) is 4.38. The zero-order valence-corrected chi connectivity index (χ0v) is 9.81. The minimum Gasteiger partial charge on any atom is -0.340 e. The van der Waals surface area contributed by atoms with Crippen molar-refractivity contribution in [2.45, 2.75) is 18.9 Å². The molecule has 88 valence electrons. The molecule has 1 saturated heterocycles. The Hall–Kier alpha value is -1.36. The van der Waals surface area contributed by atoms with Crippen LogP contribution in [0.3, 0.4) is 0 Å². The maximum atomic E-state index is 12.0. The van der Waals surface area contributed by atoms with E-state index < -0.39 is 0 Å². The molecular weight excluding hydrogens is 204 g/mol. The van der Waals surface area contributed by atoms with Gasteiger partial charge in [-0.2, -0.15) is 5.10 Å². The number of amides is 1. The fraction of sp³-hybridized carbons (Fsp3) is 0.636. The monoisotopic (exact) mass is 222 g/mol. The minimum absolute atomic E-state index is 0.0433. The number of nitrogens with zero attached hydrogens (tertiary/aromatic N) is 3. The van der Waals surface area contributed by atoms with Crippen LogP contribution in [-0.4, -0.2) is 46.8 Å². The Morgan fingerprint density at radius 2 is 2.56 bits per heavy atom. The molecule has 1 aromatic heterocycles. The number of rotatable bonds is 3. The van der Waals surface area contributed by atoms with E-state index >= 15 is 0 Å². The fourth-order valence-electron chi connectivity index (χ4n) is 2.08. The summed E-state index contributed by atoms with van der Waals surface area (Å²) in [6, 6.07) is 0.450. The van der Waals surface area contributed by atoms with Crippen LogP contribution >= 0.6 is 0 Å². The van der Waals surface area contributed by atoms with E-state index in [0.29, 0.717) is 11.6 Å². The van der Waals surface area contributed by atoms with Gasteiger partial charge in [-0.3, -0.25) is 9.48 Å². The summed E-state index contributed by atoms with van der Waals surface area (Å²) in [5.41, 5.74) is 0.656. The van der Waals surface area contributed by atoms with Crippen molar-refractivity contribution in [3.63, 3.8) is 0 Å². The molecule has 1 fully saturated rings. The summed E-state index contributed by atoms with van der Waals surface area (Å²) in [5, 5.41) is 7.39. The third kappa shape index (κ3) is 2.41. The molecule has 16 heavy (non-hydrogen) atoms. The summed E-state index contributed by atoms with van der Waals surface area (Å²) in [6.45, 7) is 1.84. The molecule has 0 saturated carbocycles. The SMILES string of the molecule is CN(CC1CCCN1)C(=O)c1cnn(C)c1. The first-order valence-corrected chi connectivity index (χ1v) is 5.64. The smallest absolute Gasteiger partial charge is 0.256 e. The lowest BCUT2D eigenvalue weighted by atomic mass is 10.2. The van der Waals surface area contributed by atoms with Gasteiger partial charge in [0.05, 0.1) is 11.8 Å². The molecule has 0 spiro atoms. The van der Waals surface area contributed by atoms with Crippen LogP contribution in [0.25, 0.3) is 0 Å². The Morgan fingerprint density at radius 3 is 3.12 bits per heavy atom. The van der Waals surface area contributed by atoms with Gasteiger partial charge in [0, 0.05) is 32.9 Å². The van der Waals surface area contributed by atoms with Crippen LogP contribution in [-0.2, 0) is 7.05 Å². The standard InChI is InChI=1S/C11H18N4O/c1-14(8-10-4-3-5-12-10)11(16)9-6-13-15(2)7-9/h6-7,10,12H,3-5,8H2,1-2H3. The van der Waals surface area contributed by atoms with Crippen LogP contribution in [0, 0.1) is 0 Å². The summed E-state index contributed by atoms with van der Waals surface area (Å²) in [5.74, 6) is 0.0433. The first-order valence-electron chi connectivity index (χ1n) is 5.64. The number of carbonyl (C=O) groups is 1. The fourth-order valence-corrected chi connectivity index (χ4v) is 2.08. The third-order valence-corrected chi connectivity index (χ3v) is 2.96. The average molecular weight is 222 g/mol. The first-order chi connectivity index (χ1) is 7.66. The van der Waals surface area contributed by atoms with Gasteiger partial charge in [0.1, 0.15) is 0 Å². The van der Waals surface area contributed by atoms with Crippen molar-refractivity contribution in [2.24, 2.45) is 7.05 Å². The van der Waals surface area contributed by atoms with E-state index in [4.69, 9.17) is 0 Å². The summed E-state index contributed by atoms with van der Waals surface area (Å²) >= 11 is 0. The van der Waals surface area contributed by atoms with Crippen molar-refractivity contribution < 1.29 is 4.79 Å². The lowest BCUT2D eigenvalue weighted by Gasteiger charge is -2.20. The molecule has 0 radical (unpaired) electrons. The Bertz CT molecular complexity index is 368. The number of carbonyl (C=O) groups excluding carboxylic acids is 1. The lowest BCUT2D eigenvalue weighted by molar-refractivity contribution is 0.0783. The number of aromatic nitrogens is 2. The highest BCUT2D eigenvalue weighted by Gasteiger charge is 2.20. The van der Waals surface area contributed by atoms with Gasteiger partial charge in [0.25, 0.3) is 5.91 Å². The Labute approximate surface area is 95.4 Å². The predicted octanol–water partition coefficient (Wildman–Crippen LogP) is 0.244. The molecule has 1 unspecified atom stereocenters. The lowest BCUT2D eigenvalue weighted by Crippen LogP contribution is -2.38. The Kier molecular flexibility index (Phi) is 3.24. The van der Waals surface area contributed by atoms with E-state index in [1.165, 1.54) is 6.42 Å². The van der Waals surface area contributed by atoms with E-state index in [1.54, 1.807) is 22.0 Å². The highest BCUT2D eigenvalue weighted by atomic mass is 16.2. The van der Waals surface area contributed by atoms with Crippen molar-refractivity contribution in [3.05, 3.63) is 18.0 Å². The molecule has 5 heteroatoms. The first kappa shape index (κ1) is 11.1. The van der Waals surface area contributed by atoms with Crippen molar-refractivity contribution in [1.29, 1.82) is 0 Å². The molecule has 5 nitrogen and oxygen atoms in total. The second kappa shape index (κ2) is 4.65. The molecule has 1 atom stereocenters. The van der Waals surface area contributed by atoms with E-state index in [9.17, 15) is 4.79 Å². The predicted molar refractivity (Wildman–Crippen MR) is 61.2 cm³/mol. The van der Waals surface area contributed by atoms with E-state index in [-0.39, 0.29) is 5.91 Å². The summed E-state index contributed by atoms with van der Waals surface area (Å²) in [4.78, 5) is 13.8. The van der Waals surface area contributed by atoms with Crippen molar-refractivity contribution >= 4 is 5.91 Å². The largest absolute Gasteiger partial charge is 0.340 e. The van der Waals surface area contributed by atoms with E-state index in [2.05, 4.69) is 10.4 Å². The Morgan fingerprint density at radius 1 is 1.75 bits per heavy atom. The van der Waals surface area contributed by atoms with Crippen LogP contribution in [0.1, 0.15) is 23.2 Å². The van der Waals surface area contributed by atoms with Crippen molar-refractivity contribution in [3.8, 4) is 0 Å². The number of hydrogen-bond donors (Lipinski definition) is 1. The molecule has 1 amide bonds. The molecule has 1 N–H and O–H groups in total. The van der Waals surface area contributed by atoms with Crippen molar-refractivity contribution in [1.82, 2.24) is 20.0 Å². The molecule has 1 aliphatic rings. The van der Waals surface area contributed by atoms with Crippen LogP contribution in [0.5, 0.6) is 0 Å². The van der Waals surface area contributed by atoms with Crippen molar-refractivity contribution in [2.75, 3.05) is 20.1 Å². The highest BCUT2D eigenvalue weighted by molar-refractivity contribution is 5.93. The number of aryl methyl sites for hydroxylation is 1. The molecule has 2 heterocycles. The van der Waals surface area contributed by atoms with Gasteiger partial charge in [-0.1, -0.05) is 0 Å². The molecule has 0 bridgehead atoms. The molecule has 0 aromatic carbocycles. The Balaban J connectivity index is 1.93. The van der Waals surface area contributed by atoms with Crippen LogP contribution in [0.2, 0.25) is 0 Å². The summed E-state index contributed by atoms with van der Waals surface area (Å²) in [6.07, 6.45) is 5.73. The van der Waals surface area contributed by atoms with Gasteiger partial charge in [-0.05, 0) is 19.4 Å². The quantitative estimate of drug-likeness (QED) is 0.797. The van der Waals surface area contributed by atoms with Crippen LogP contribution < -0.4 is 5.32 Å². The third-order valence-electron chi connectivity index (χ3n) is 2.96. The average Bonchev–Trinajstić information content (AvgIpc) is 2.88. The summed E-state index contributed by atoms with van der Waals surface area (Å²) < 4.78 is 1.65. The molecule has 1 aromatic rings. The molecule has 1 aliphatic heterocycles. The zero-order chi connectivity index (χ0) is 11.5. The number of hydrogen-bond acceptors (Lipinski definition) is 3. The topological polar surface area (TPSA) is 50.2 Å². The molecule has 0 aliphatic carbocycles. The van der Waals surface area contributed by atoms with Gasteiger partial charge < -0.3 is 10.2 Å². The number of nitrogens with one attached hydrogen (secondary N) is 1. The second-order valence-corrected chi connectivity index (χ2v) is 4.38.